The van der Waals surface area contributed by atoms with Gasteiger partial charge >= 0.3 is 0 Å². The van der Waals surface area contributed by atoms with Gasteiger partial charge in [0, 0.05) is 34.2 Å². The molecule has 0 bridgehead atoms. The van der Waals surface area contributed by atoms with Crippen LogP contribution in [0.3, 0.4) is 0 Å². The molecule has 0 aromatic heterocycles. The van der Waals surface area contributed by atoms with Crippen molar-refractivity contribution in [1.82, 2.24) is 5.32 Å². The largest absolute Gasteiger partial charge is 0.380 e. The Labute approximate surface area is 115 Å². The lowest BCUT2D eigenvalue weighted by molar-refractivity contribution is 0.112. The van der Waals surface area contributed by atoms with Gasteiger partial charge in [0.25, 0.3) is 0 Å². The van der Waals surface area contributed by atoms with Crippen LogP contribution in [-0.2, 0) is 4.74 Å². The smallest absolute Gasteiger partial charge is 0.0630 e. The van der Waals surface area contributed by atoms with Crippen molar-refractivity contribution in [1.29, 1.82) is 0 Å². The molecule has 1 saturated heterocycles. The minimum absolute atomic E-state index is 0.513. The van der Waals surface area contributed by atoms with E-state index in [1.807, 2.05) is 0 Å². The molecule has 0 aliphatic carbocycles. The van der Waals surface area contributed by atoms with E-state index in [-0.39, 0.29) is 0 Å². The van der Waals surface area contributed by atoms with Crippen LogP contribution in [0.25, 0.3) is 0 Å². The molecule has 1 N–H and O–H groups in total. The number of hydrogen-bond acceptors (Lipinski definition) is 4. The Hall–Kier alpha value is 0.620. The van der Waals surface area contributed by atoms with Crippen molar-refractivity contribution in [3.63, 3.8) is 0 Å². The number of rotatable bonds is 7. The number of hydrogen-bond donors (Lipinski definition) is 1. The van der Waals surface area contributed by atoms with E-state index in [9.17, 15) is 0 Å². The molecule has 102 valence electrons. The van der Waals surface area contributed by atoms with Crippen LogP contribution in [0.15, 0.2) is 0 Å². The molecule has 1 rings (SSSR count). The third-order valence-electron chi connectivity index (χ3n) is 3.13. The van der Waals surface area contributed by atoms with Crippen LogP contribution in [-0.4, -0.2) is 47.3 Å². The molecule has 4 heteroatoms. The molecule has 4 atom stereocenters. The predicted molar refractivity (Wildman–Crippen MR) is 81.3 cm³/mol. The number of ether oxygens (including phenoxy) is 1. The Morgan fingerprint density at radius 2 is 2.06 bits per heavy atom. The standard InChI is InChI=1S/C13H27NOS2/c1-5-7-15-8-12(14-6-2)13-9-16-10(3)11(4)17-13/h10-14H,5-9H2,1-4H3. The maximum absolute atomic E-state index is 5.73. The van der Waals surface area contributed by atoms with Gasteiger partial charge in [0.05, 0.1) is 6.61 Å². The van der Waals surface area contributed by atoms with E-state index in [0.29, 0.717) is 11.3 Å². The molecule has 0 radical (unpaired) electrons. The van der Waals surface area contributed by atoms with E-state index in [1.54, 1.807) is 0 Å². The highest BCUT2D eigenvalue weighted by Crippen LogP contribution is 2.37. The second-order valence-electron chi connectivity index (χ2n) is 4.66. The number of likely N-dealkylation sites (N-methyl/N-ethyl adjacent to an activating group) is 1. The molecule has 1 aliphatic heterocycles. The molecule has 0 aromatic carbocycles. The molecule has 0 saturated carbocycles. The summed E-state index contributed by atoms with van der Waals surface area (Å²) in [5, 5.41) is 5.83. The van der Waals surface area contributed by atoms with Crippen LogP contribution in [0, 0.1) is 0 Å². The lowest BCUT2D eigenvalue weighted by atomic mass is 10.2. The fraction of sp³-hybridized carbons (Fsp3) is 1.00. The van der Waals surface area contributed by atoms with E-state index < -0.39 is 0 Å². The zero-order valence-electron chi connectivity index (χ0n) is 11.6. The van der Waals surface area contributed by atoms with Gasteiger partial charge in [-0.2, -0.15) is 23.5 Å². The van der Waals surface area contributed by atoms with Crippen LogP contribution in [0.2, 0.25) is 0 Å². The van der Waals surface area contributed by atoms with Gasteiger partial charge < -0.3 is 10.1 Å². The predicted octanol–water partition coefficient (Wildman–Crippen LogP) is 3.02. The van der Waals surface area contributed by atoms with Crippen molar-refractivity contribution < 1.29 is 4.74 Å². The Balaban J connectivity index is 2.40. The molecule has 2 nitrogen and oxygen atoms in total. The van der Waals surface area contributed by atoms with E-state index in [1.165, 1.54) is 5.75 Å². The van der Waals surface area contributed by atoms with Gasteiger partial charge in [-0.3, -0.25) is 0 Å². The first-order valence-electron chi connectivity index (χ1n) is 6.77. The first-order chi connectivity index (χ1) is 8.19. The molecule has 0 spiro atoms. The number of thioether (sulfide) groups is 2. The topological polar surface area (TPSA) is 21.3 Å². The Morgan fingerprint density at radius 1 is 1.29 bits per heavy atom. The molecule has 0 amide bonds. The fourth-order valence-corrected chi connectivity index (χ4v) is 5.05. The summed E-state index contributed by atoms with van der Waals surface area (Å²) in [5.41, 5.74) is 0. The summed E-state index contributed by atoms with van der Waals surface area (Å²) >= 11 is 4.25. The summed E-state index contributed by atoms with van der Waals surface area (Å²) in [6, 6.07) is 0.513. The van der Waals surface area contributed by atoms with Gasteiger partial charge in [-0.05, 0) is 13.0 Å². The van der Waals surface area contributed by atoms with Gasteiger partial charge in [0.1, 0.15) is 0 Å². The average molecular weight is 277 g/mol. The highest BCUT2D eigenvalue weighted by atomic mass is 32.2. The number of nitrogens with one attached hydrogen (secondary N) is 1. The van der Waals surface area contributed by atoms with Crippen molar-refractivity contribution in [2.75, 3.05) is 25.5 Å². The molecular formula is C13H27NOS2. The van der Waals surface area contributed by atoms with Gasteiger partial charge in [-0.1, -0.05) is 27.7 Å². The quantitative estimate of drug-likeness (QED) is 0.722. The monoisotopic (exact) mass is 277 g/mol. The molecule has 1 fully saturated rings. The van der Waals surface area contributed by atoms with Crippen molar-refractivity contribution in [3.05, 3.63) is 0 Å². The van der Waals surface area contributed by atoms with Crippen molar-refractivity contribution in [3.8, 4) is 0 Å². The zero-order chi connectivity index (χ0) is 12.7. The van der Waals surface area contributed by atoms with Gasteiger partial charge in [0.2, 0.25) is 0 Å². The summed E-state index contributed by atoms with van der Waals surface area (Å²) in [6.45, 7) is 11.8. The maximum atomic E-state index is 5.73. The summed E-state index contributed by atoms with van der Waals surface area (Å²) in [7, 11) is 0. The Morgan fingerprint density at radius 3 is 2.65 bits per heavy atom. The molecular weight excluding hydrogens is 250 g/mol. The van der Waals surface area contributed by atoms with E-state index in [2.05, 4.69) is 56.5 Å². The molecule has 1 heterocycles. The van der Waals surface area contributed by atoms with Crippen molar-refractivity contribution in [2.24, 2.45) is 0 Å². The average Bonchev–Trinajstić information content (AvgIpc) is 2.32. The van der Waals surface area contributed by atoms with Crippen LogP contribution >= 0.6 is 23.5 Å². The third kappa shape index (κ3) is 5.41. The van der Waals surface area contributed by atoms with Crippen LogP contribution in [0.1, 0.15) is 34.1 Å². The normalized spacial score (nSPS) is 31.4. The van der Waals surface area contributed by atoms with Gasteiger partial charge in [-0.15, -0.1) is 0 Å². The lowest BCUT2D eigenvalue weighted by Crippen LogP contribution is -2.46. The lowest BCUT2D eigenvalue weighted by Gasteiger charge is -2.36. The summed E-state index contributed by atoms with van der Waals surface area (Å²) < 4.78 is 5.73. The SMILES string of the molecule is CCCOCC(NCC)C1CSC(C)C(C)S1. The molecule has 17 heavy (non-hydrogen) atoms. The van der Waals surface area contributed by atoms with E-state index in [0.717, 1.165) is 36.7 Å². The third-order valence-corrected chi connectivity index (χ3v) is 6.69. The van der Waals surface area contributed by atoms with E-state index >= 15 is 0 Å². The van der Waals surface area contributed by atoms with Crippen molar-refractivity contribution in [2.45, 2.75) is 55.9 Å². The summed E-state index contributed by atoms with van der Waals surface area (Å²) in [6.07, 6.45) is 1.11. The first kappa shape index (κ1) is 15.7. The minimum Gasteiger partial charge on any atom is -0.380 e. The Bertz CT molecular complexity index is 204. The minimum atomic E-state index is 0.513. The zero-order valence-corrected chi connectivity index (χ0v) is 13.2. The highest BCUT2D eigenvalue weighted by Gasteiger charge is 2.30. The van der Waals surface area contributed by atoms with E-state index in [4.69, 9.17) is 4.74 Å². The van der Waals surface area contributed by atoms with Gasteiger partial charge in [0.15, 0.2) is 0 Å². The summed E-state index contributed by atoms with van der Waals surface area (Å²) in [5.74, 6) is 1.25. The Kier molecular flexibility index (Phi) is 8.00. The first-order valence-corrected chi connectivity index (χ1v) is 8.76. The summed E-state index contributed by atoms with van der Waals surface area (Å²) in [4.78, 5) is 0. The van der Waals surface area contributed by atoms with Crippen LogP contribution < -0.4 is 5.32 Å². The van der Waals surface area contributed by atoms with Crippen molar-refractivity contribution >= 4 is 23.5 Å². The highest BCUT2D eigenvalue weighted by molar-refractivity contribution is 8.07. The maximum Gasteiger partial charge on any atom is 0.0630 e. The molecule has 0 aromatic rings. The molecule has 4 unspecified atom stereocenters. The van der Waals surface area contributed by atoms with Gasteiger partial charge in [-0.25, -0.2) is 0 Å². The molecule has 1 aliphatic rings. The second-order valence-corrected chi connectivity index (χ2v) is 7.69. The fourth-order valence-electron chi connectivity index (χ4n) is 1.93. The second kappa shape index (κ2) is 8.68. The van der Waals surface area contributed by atoms with Crippen LogP contribution in [0.4, 0.5) is 0 Å². The van der Waals surface area contributed by atoms with Crippen LogP contribution in [0.5, 0.6) is 0 Å².